The first-order valence-electron chi connectivity index (χ1n) is 9.15. The van der Waals surface area contributed by atoms with Crippen LogP contribution < -0.4 is 10.2 Å². The first-order chi connectivity index (χ1) is 14.8. The van der Waals surface area contributed by atoms with Crippen LogP contribution in [0.3, 0.4) is 0 Å². The fourth-order valence-corrected chi connectivity index (χ4v) is 3.60. The zero-order chi connectivity index (χ0) is 22.5. The van der Waals surface area contributed by atoms with Crippen LogP contribution in [0.5, 0.6) is 0 Å². The molecule has 0 fully saturated rings. The van der Waals surface area contributed by atoms with Crippen molar-refractivity contribution in [2.24, 2.45) is 0 Å². The molecule has 0 saturated heterocycles. The predicted molar refractivity (Wildman–Crippen MR) is 124 cm³/mol. The molecule has 0 unspecified atom stereocenters. The highest BCUT2D eigenvalue weighted by molar-refractivity contribution is 9.10. The molecule has 0 spiro atoms. The van der Waals surface area contributed by atoms with Gasteiger partial charge in [-0.15, -0.1) is 0 Å². The van der Waals surface area contributed by atoms with Gasteiger partial charge in [0.25, 0.3) is 5.91 Å². The van der Waals surface area contributed by atoms with Crippen molar-refractivity contribution in [1.82, 2.24) is 0 Å². The molecule has 3 aromatic rings. The maximum Gasteiger partial charge on any atom is 0.274 e. The van der Waals surface area contributed by atoms with Crippen molar-refractivity contribution in [2.45, 2.75) is 6.92 Å². The van der Waals surface area contributed by atoms with Gasteiger partial charge < -0.3 is 5.32 Å². The number of carbonyl (C=O) groups is 2. The fourth-order valence-electron chi connectivity index (χ4n) is 3.02. The van der Waals surface area contributed by atoms with Crippen LogP contribution in [0.1, 0.15) is 11.1 Å². The van der Waals surface area contributed by atoms with Crippen molar-refractivity contribution in [3.63, 3.8) is 0 Å². The maximum absolute atomic E-state index is 15.3. The molecular weight excluding hydrogens is 463 g/mol. The largest absolute Gasteiger partial charge is 0.321 e. The van der Waals surface area contributed by atoms with Gasteiger partial charge in [-0.2, -0.15) is 0 Å². The molecule has 3 rings (SSSR count). The van der Waals surface area contributed by atoms with E-state index in [4.69, 9.17) is 10.8 Å². The third kappa shape index (κ3) is 4.75. The van der Waals surface area contributed by atoms with Crippen molar-refractivity contribution < 1.29 is 14.0 Å². The quantitative estimate of drug-likeness (QED) is 0.248. The average Bonchev–Trinajstić information content (AvgIpc) is 2.75. The van der Waals surface area contributed by atoms with Crippen LogP contribution in [0, 0.1) is 23.6 Å². The summed E-state index contributed by atoms with van der Waals surface area (Å²) in [6.45, 7) is 1.88. The van der Waals surface area contributed by atoms with Gasteiger partial charge in [0.1, 0.15) is 11.5 Å². The molecule has 0 aliphatic heterocycles. The third-order valence-electron chi connectivity index (χ3n) is 4.56. The van der Waals surface area contributed by atoms with Gasteiger partial charge in [-0.05, 0) is 48.4 Å². The predicted octanol–water partition coefficient (Wildman–Crippen LogP) is 5.14. The van der Waals surface area contributed by atoms with Crippen molar-refractivity contribution in [1.29, 1.82) is 10.8 Å². The maximum atomic E-state index is 15.3. The van der Waals surface area contributed by atoms with Gasteiger partial charge in [0.2, 0.25) is 6.41 Å². The Labute approximate surface area is 186 Å². The molecule has 8 heteroatoms. The topological polar surface area (TPSA) is 97.1 Å². The second kappa shape index (κ2) is 9.44. The first-order valence-corrected chi connectivity index (χ1v) is 9.94. The average molecular weight is 481 g/mol. The molecule has 0 aliphatic rings. The molecule has 31 heavy (non-hydrogen) atoms. The first kappa shape index (κ1) is 22.0. The van der Waals surface area contributed by atoms with Gasteiger partial charge in [0, 0.05) is 21.3 Å². The summed E-state index contributed by atoms with van der Waals surface area (Å²) in [5.74, 6) is -1.43. The Bertz CT molecular complexity index is 1190. The SMILES string of the molecule is Cc1cccc(NC(=O)C(=N)c2cccc(-c3ccc(N(C=N)C=O)cc3Br)c2F)c1. The van der Waals surface area contributed by atoms with Gasteiger partial charge in [-0.1, -0.05) is 46.3 Å². The van der Waals surface area contributed by atoms with E-state index in [1.54, 1.807) is 48.5 Å². The molecule has 2 amide bonds. The number of aryl methyl sites for hydroxylation is 1. The van der Waals surface area contributed by atoms with E-state index in [9.17, 15) is 9.59 Å². The second-order valence-electron chi connectivity index (χ2n) is 6.67. The minimum absolute atomic E-state index is 0.132. The van der Waals surface area contributed by atoms with Crippen molar-refractivity contribution in [3.05, 3.63) is 82.1 Å². The molecule has 0 bridgehead atoms. The molecule has 156 valence electrons. The van der Waals surface area contributed by atoms with Crippen LogP contribution in [-0.4, -0.2) is 24.4 Å². The Hall–Kier alpha value is -3.65. The molecule has 0 radical (unpaired) electrons. The Kier molecular flexibility index (Phi) is 6.71. The highest BCUT2D eigenvalue weighted by Gasteiger charge is 2.20. The highest BCUT2D eigenvalue weighted by atomic mass is 79.9. The molecule has 3 aromatic carbocycles. The summed E-state index contributed by atoms with van der Waals surface area (Å²) in [7, 11) is 0. The van der Waals surface area contributed by atoms with Crippen LogP contribution in [0.15, 0.2) is 65.1 Å². The van der Waals surface area contributed by atoms with Gasteiger partial charge >= 0.3 is 0 Å². The number of nitrogens with one attached hydrogen (secondary N) is 3. The number of nitrogens with zero attached hydrogens (tertiary/aromatic N) is 1. The Balaban J connectivity index is 1.92. The summed E-state index contributed by atoms with van der Waals surface area (Å²) in [5, 5.41) is 18.1. The lowest BCUT2D eigenvalue weighted by Crippen LogP contribution is -2.24. The van der Waals surface area contributed by atoms with Gasteiger partial charge in [0.05, 0.1) is 12.0 Å². The van der Waals surface area contributed by atoms with E-state index in [1.165, 1.54) is 6.07 Å². The molecule has 0 aromatic heterocycles. The van der Waals surface area contributed by atoms with Crippen LogP contribution >= 0.6 is 15.9 Å². The molecular formula is C23H18BrFN4O2. The smallest absolute Gasteiger partial charge is 0.274 e. The molecule has 0 saturated carbocycles. The molecule has 6 nitrogen and oxygen atoms in total. The highest BCUT2D eigenvalue weighted by Crippen LogP contribution is 2.34. The van der Waals surface area contributed by atoms with E-state index in [1.807, 2.05) is 13.0 Å². The summed E-state index contributed by atoms with van der Waals surface area (Å²) in [4.78, 5) is 24.6. The lowest BCUT2D eigenvalue weighted by atomic mass is 9.99. The summed E-state index contributed by atoms with van der Waals surface area (Å²) in [6.07, 6.45) is 1.35. The normalized spacial score (nSPS) is 10.3. The fraction of sp³-hybridized carbons (Fsp3) is 0.0435. The monoisotopic (exact) mass is 480 g/mol. The number of benzene rings is 3. The van der Waals surface area contributed by atoms with E-state index in [0.29, 0.717) is 27.8 Å². The van der Waals surface area contributed by atoms with Gasteiger partial charge in [-0.25, -0.2) is 4.39 Å². The van der Waals surface area contributed by atoms with Gasteiger partial charge in [-0.3, -0.25) is 25.3 Å². The zero-order valence-electron chi connectivity index (χ0n) is 16.4. The minimum atomic E-state index is -0.719. The van der Waals surface area contributed by atoms with E-state index < -0.39 is 17.4 Å². The number of anilines is 2. The number of hydrogen-bond acceptors (Lipinski definition) is 4. The second-order valence-corrected chi connectivity index (χ2v) is 7.53. The Morgan fingerprint density at radius 3 is 2.48 bits per heavy atom. The van der Waals surface area contributed by atoms with Crippen molar-refractivity contribution in [3.8, 4) is 11.1 Å². The van der Waals surface area contributed by atoms with Crippen LogP contribution in [0.2, 0.25) is 0 Å². The van der Waals surface area contributed by atoms with E-state index >= 15 is 4.39 Å². The number of rotatable bonds is 7. The van der Waals surface area contributed by atoms with Crippen LogP contribution in [0.4, 0.5) is 15.8 Å². The van der Waals surface area contributed by atoms with E-state index in [0.717, 1.165) is 16.8 Å². The lowest BCUT2D eigenvalue weighted by molar-refractivity contribution is -0.110. The number of carbonyl (C=O) groups excluding carboxylic acids is 2. The van der Waals surface area contributed by atoms with Crippen LogP contribution in [0.25, 0.3) is 11.1 Å². The molecule has 3 N–H and O–H groups in total. The Morgan fingerprint density at radius 1 is 1.10 bits per heavy atom. The van der Waals surface area contributed by atoms with Crippen molar-refractivity contribution >= 4 is 51.7 Å². The number of amides is 2. The zero-order valence-corrected chi connectivity index (χ0v) is 18.0. The standard InChI is InChI=1S/C23H18BrFN4O2/c1-14-4-2-5-15(10-14)28-23(31)22(27)19-7-3-6-18(21(19)25)17-9-8-16(11-20(17)24)29(12-26)13-30/h2-13,26-27H,1H3,(H,28,31). The summed E-state index contributed by atoms with van der Waals surface area (Å²) >= 11 is 3.37. The van der Waals surface area contributed by atoms with Crippen LogP contribution in [-0.2, 0) is 9.59 Å². The number of hydrogen-bond donors (Lipinski definition) is 3. The van der Waals surface area contributed by atoms with Crippen molar-refractivity contribution in [2.75, 3.05) is 10.2 Å². The molecule has 0 aliphatic carbocycles. The minimum Gasteiger partial charge on any atom is -0.321 e. The summed E-state index contributed by atoms with van der Waals surface area (Å²) in [6, 6.07) is 16.3. The Morgan fingerprint density at radius 2 is 1.84 bits per heavy atom. The molecule has 0 heterocycles. The van der Waals surface area contributed by atoms with E-state index in [2.05, 4.69) is 21.2 Å². The third-order valence-corrected chi connectivity index (χ3v) is 5.22. The van der Waals surface area contributed by atoms with Gasteiger partial charge in [0.15, 0.2) is 0 Å². The van der Waals surface area contributed by atoms with E-state index in [-0.39, 0.29) is 11.1 Å². The number of halogens is 2. The summed E-state index contributed by atoms with van der Waals surface area (Å²) in [5.41, 5.74) is 1.94. The molecule has 0 atom stereocenters. The summed E-state index contributed by atoms with van der Waals surface area (Å²) < 4.78 is 15.8. The lowest BCUT2D eigenvalue weighted by Gasteiger charge is -2.15.